The number of carbonyl (C=O) groups is 2. The largest absolute Gasteiger partial charge is 0.493 e. The number of aliphatic hydroxyl groups is 1. The summed E-state index contributed by atoms with van der Waals surface area (Å²) in [6, 6.07) is 10.4. The number of amides is 2. The minimum Gasteiger partial charge on any atom is -0.493 e. The summed E-state index contributed by atoms with van der Waals surface area (Å²) in [6.45, 7) is 1.72. The third kappa shape index (κ3) is 5.63. The van der Waals surface area contributed by atoms with Gasteiger partial charge in [0, 0.05) is 44.5 Å². The van der Waals surface area contributed by atoms with E-state index in [0.717, 1.165) is 12.0 Å². The molecule has 0 saturated carbocycles. The summed E-state index contributed by atoms with van der Waals surface area (Å²) >= 11 is 0. The summed E-state index contributed by atoms with van der Waals surface area (Å²) in [5, 5.41) is 16.6. The lowest BCUT2D eigenvalue weighted by molar-refractivity contribution is -0.133. The molecule has 0 aliphatic carbocycles. The molecule has 4 heterocycles. The summed E-state index contributed by atoms with van der Waals surface area (Å²) in [4.78, 5) is 32.7. The van der Waals surface area contributed by atoms with Crippen LogP contribution in [0.15, 0.2) is 48.8 Å². The number of hydrogen-bond acceptors (Lipinski definition) is 7. The molecule has 2 aromatic rings. The Bertz CT molecular complexity index is 1040. The second kappa shape index (κ2) is 10.7. The Kier molecular flexibility index (Phi) is 7.26. The van der Waals surface area contributed by atoms with Crippen LogP contribution in [0.2, 0.25) is 0 Å². The van der Waals surface area contributed by atoms with E-state index in [1.807, 2.05) is 24.3 Å². The fourth-order valence-electron chi connectivity index (χ4n) is 5.19. The first-order valence-electron chi connectivity index (χ1n) is 12.3. The molecular weight excluding hydrogens is 448 g/mol. The average Bonchev–Trinajstić information content (AvgIpc) is 3.26. The van der Waals surface area contributed by atoms with Gasteiger partial charge < -0.3 is 25.2 Å². The van der Waals surface area contributed by atoms with Crippen molar-refractivity contribution in [1.29, 1.82) is 0 Å². The summed E-state index contributed by atoms with van der Waals surface area (Å²) in [6.07, 6.45) is 4.81. The highest BCUT2D eigenvalue weighted by molar-refractivity contribution is 5.97. The molecule has 3 N–H and O–H groups in total. The molecule has 1 aromatic heterocycles. The number of benzene rings is 1. The Labute approximate surface area is 204 Å². The molecule has 186 valence electrons. The first-order valence-corrected chi connectivity index (χ1v) is 12.3. The second-order valence-corrected chi connectivity index (χ2v) is 9.53. The SMILES string of the molecule is O=C1N[C@H]2C[C@@H](C(=O)NC[C@H]3O[C@H](CCOc4ccccc41)CC[C@@H]3O)N(Cc1cccnc1)C2. The summed E-state index contributed by atoms with van der Waals surface area (Å²) in [5.74, 6) is 0.195. The lowest BCUT2D eigenvalue weighted by atomic mass is 9.99. The van der Waals surface area contributed by atoms with E-state index >= 15 is 0 Å². The normalized spacial score (nSPS) is 30.0. The number of carbonyl (C=O) groups excluding carboxylic acids is 2. The molecule has 2 amide bonds. The second-order valence-electron chi connectivity index (χ2n) is 9.53. The zero-order valence-corrected chi connectivity index (χ0v) is 19.6. The molecule has 9 nitrogen and oxygen atoms in total. The van der Waals surface area contributed by atoms with Gasteiger partial charge in [-0.25, -0.2) is 0 Å². The van der Waals surface area contributed by atoms with E-state index in [-0.39, 0.29) is 30.5 Å². The molecule has 4 bridgehead atoms. The number of fused-ring (bicyclic) bond motifs is 5. The topological polar surface area (TPSA) is 113 Å². The van der Waals surface area contributed by atoms with Crippen molar-refractivity contribution in [2.24, 2.45) is 0 Å². The number of ether oxygens (including phenoxy) is 2. The van der Waals surface area contributed by atoms with Crippen LogP contribution in [-0.2, 0) is 16.1 Å². The first kappa shape index (κ1) is 23.7. The Morgan fingerprint density at radius 1 is 1.11 bits per heavy atom. The monoisotopic (exact) mass is 480 g/mol. The third-order valence-corrected chi connectivity index (χ3v) is 7.04. The zero-order chi connectivity index (χ0) is 24.2. The van der Waals surface area contributed by atoms with Gasteiger partial charge in [0.15, 0.2) is 0 Å². The Morgan fingerprint density at radius 2 is 2.00 bits per heavy atom. The van der Waals surface area contributed by atoms with Gasteiger partial charge in [0.05, 0.1) is 30.4 Å². The van der Waals surface area contributed by atoms with E-state index in [4.69, 9.17) is 9.47 Å². The molecular formula is C26H32N4O5. The highest BCUT2D eigenvalue weighted by Gasteiger charge is 2.39. The van der Waals surface area contributed by atoms with Crippen LogP contribution in [0.1, 0.15) is 41.6 Å². The molecule has 2 saturated heterocycles. The van der Waals surface area contributed by atoms with E-state index in [1.54, 1.807) is 24.5 Å². The number of rotatable bonds is 2. The lowest BCUT2D eigenvalue weighted by Crippen LogP contribution is -2.50. The minimum absolute atomic E-state index is 0.0767. The van der Waals surface area contributed by atoms with Crippen LogP contribution in [0.25, 0.3) is 0 Å². The van der Waals surface area contributed by atoms with Gasteiger partial charge in [-0.3, -0.25) is 19.5 Å². The van der Waals surface area contributed by atoms with Gasteiger partial charge in [-0.1, -0.05) is 18.2 Å². The fourth-order valence-corrected chi connectivity index (χ4v) is 5.19. The number of nitrogens with one attached hydrogen (secondary N) is 2. The van der Waals surface area contributed by atoms with Crippen LogP contribution >= 0.6 is 0 Å². The van der Waals surface area contributed by atoms with Crippen LogP contribution in [0, 0.1) is 0 Å². The van der Waals surface area contributed by atoms with Crippen molar-refractivity contribution in [3.05, 3.63) is 59.9 Å². The van der Waals surface area contributed by atoms with Crippen molar-refractivity contribution in [2.75, 3.05) is 19.7 Å². The molecule has 5 atom stereocenters. The number of aliphatic hydroxyl groups excluding tert-OH is 1. The third-order valence-electron chi connectivity index (χ3n) is 7.04. The quantitative estimate of drug-likeness (QED) is 0.593. The van der Waals surface area contributed by atoms with Gasteiger partial charge >= 0.3 is 0 Å². The van der Waals surface area contributed by atoms with Crippen molar-refractivity contribution in [1.82, 2.24) is 20.5 Å². The maximum absolute atomic E-state index is 13.3. The van der Waals surface area contributed by atoms with E-state index in [9.17, 15) is 14.7 Å². The lowest BCUT2D eigenvalue weighted by Gasteiger charge is -2.34. The van der Waals surface area contributed by atoms with E-state index in [0.29, 0.717) is 50.3 Å². The molecule has 3 aliphatic heterocycles. The maximum Gasteiger partial charge on any atom is 0.255 e. The molecule has 0 radical (unpaired) electrons. The molecule has 0 unspecified atom stereocenters. The molecule has 3 aliphatic rings. The fraction of sp³-hybridized carbons (Fsp3) is 0.500. The van der Waals surface area contributed by atoms with E-state index < -0.39 is 18.2 Å². The van der Waals surface area contributed by atoms with Crippen LogP contribution < -0.4 is 15.4 Å². The van der Waals surface area contributed by atoms with Crippen molar-refractivity contribution in [2.45, 2.75) is 62.6 Å². The van der Waals surface area contributed by atoms with Crippen LogP contribution in [-0.4, -0.2) is 76.9 Å². The van der Waals surface area contributed by atoms with Crippen molar-refractivity contribution in [3.8, 4) is 5.75 Å². The number of nitrogens with zero attached hydrogens (tertiary/aromatic N) is 2. The van der Waals surface area contributed by atoms with Crippen LogP contribution in [0.4, 0.5) is 0 Å². The van der Waals surface area contributed by atoms with Crippen molar-refractivity contribution >= 4 is 11.8 Å². The predicted molar refractivity (Wildman–Crippen MR) is 128 cm³/mol. The zero-order valence-electron chi connectivity index (χ0n) is 19.6. The number of aromatic nitrogens is 1. The van der Waals surface area contributed by atoms with Gasteiger partial charge in [0.25, 0.3) is 5.91 Å². The first-order chi connectivity index (χ1) is 17.1. The Morgan fingerprint density at radius 3 is 2.86 bits per heavy atom. The average molecular weight is 481 g/mol. The molecule has 9 heteroatoms. The molecule has 0 spiro atoms. The Hall–Kier alpha value is -3.01. The molecule has 2 fully saturated rings. The highest BCUT2D eigenvalue weighted by atomic mass is 16.5. The van der Waals surface area contributed by atoms with E-state index in [1.165, 1.54) is 0 Å². The number of hydrogen-bond donors (Lipinski definition) is 3. The summed E-state index contributed by atoms with van der Waals surface area (Å²) in [7, 11) is 0. The van der Waals surface area contributed by atoms with Gasteiger partial charge in [0.2, 0.25) is 5.91 Å². The molecule has 1 aromatic carbocycles. The minimum atomic E-state index is -0.616. The molecule has 5 rings (SSSR count). The summed E-state index contributed by atoms with van der Waals surface area (Å²) in [5.41, 5.74) is 1.47. The standard InChI is InChI=1S/C26H32N4O5/c31-22-8-7-19-9-11-34-23-6-2-1-5-20(23)25(32)29-18-12-21(26(33)28-14-24(22)35-19)30(16-18)15-17-4-3-10-27-13-17/h1-6,10,13,18-19,21-22,24,31H,7-9,11-12,14-16H2,(H,28,33)(H,29,32)/t18-,19-,21-,22-,24+/m0/s1. The Balaban J connectivity index is 1.39. The van der Waals surface area contributed by atoms with Crippen LogP contribution in [0.3, 0.4) is 0 Å². The number of likely N-dealkylation sites (tertiary alicyclic amines) is 1. The van der Waals surface area contributed by atoms with E-state index in [2.05, 4.69) is 20.5 Å². The van der Waals surface area contributed by atoms with Gasteiger partial charge in [0.1, 0.15) is 11.9 Å². The van der Waals surface area contributed by atoms with Gasteiger partial charge in [-0.2, -0.15) is 0 Å². The van der Waals surface area contributed by atoms with Gasteiger partial charge in [-0.05, 0) is 43.0 Å². The smallest absolute Gasteiger partial charge is 0.255 e. The number of pyridine rings is 1. The maximum atomic E-state index is 13.3. The molecule has 35 heavy (non-hydrogen) atoms. The van der Waals surface area contributed by atoms with Crippen LogP contribution in [0.5, 0.6) is 5.75 Å². The highest BCUT2D eigenvalue weighted by Crippen LogP contribution is 2.26. The predicted octanol–water partition coefficient (Wildman–Crippen LogP) is 1.26. The number of para-hydroxylation sites is 1. The van der Waals surface area contributed by atoms with Crippen molar-refractivity contribution < 1.29 is 24.2 Å². The van der Waals surface area contributed by atoms with Crippen molar-refractivity contribution in [3.63, 3.8) is 0 Å². The summed E-state index contributed by atoms with van der Waals surface area (Å²) < 4.78 is 12.1. The van der Waals surface area contributed by atoms with Gasteiger partial charge in [-0.15, -0.1) is 0 Å².